The molecule has 0 aliphatic carbocycles. The number of sulfonamides is 1. The molecule has 2 aromatic rings. The van der Waals surface area contributed by atoms with Crippen molar-refractivity contribution >= 4 is 21.6 Å². The second kappa shape index (κ2) is 8.94. The Labute approximate surface area is 158 Å². The molecule has 0 aliphatic heterocycles. The molecule has 0 saturated heterocycles. The van der Waals surface area contributed by atoms with Gasteiger partial charge >= 0.3 is 0 Å². The van der Waals surface area contributed by atoms with E-state index in [1.54, 1.807) is 12.1 Å². The molecular weight excluding hydrogens is 374 g/mol. The van der Waals surface area contributed by atoms with Crippen molar-refractivity contribution < 1.29 is 22.0 Å². The van der Waals surface area contributed by atoms with Gasteiger partial charge in [-0.05, 0) is 55.7 Å². The lowest BCUT2D eigenvalue weighted by Gasteiger charge is -2.28. The number of nitrogens with one attached hydrogen (secondary N) is 1. The van der Waals surface area contributed by atoms with Crippen LogP contribution in [0.2, 0.25) is 0 Å². The highest BCUT2D eigenvalue weighted by Crippen LogP contribution is 2.21. The number of carbonyl (C=O) groups is 1. The fourth-order valence-corrected chi connectivity index (χ4v) is 3.89. The van der Waals surface area contributed by atoms with Gasteiger partial charge in [0.2, 0.25) is 15.9 Å². The Hall–Kier alpha value is -2.48. The predicted octanol–water partition coefficient (Wildman–Crippen LogP) is 2.87. The van der Waals surface area contributed by atoms with E-state index in [1.165, 1.54) is 37.3 Å². The van der Waals surface area contributed by atoms with Crippen LogP contribution < -0.4 is 9.62 Å². The minimum Gasteiger partial charge on any atom is -0.354 e. The van der Waals surface area contributed by atoms with E-state index in [2.05, 4.69) is 5.32 Å². The highest BCUT2D eigenvalue weighted by atomic mass is 32.2. The van der Waals surface area contributed by atoms with Crippen molar-refractivity contribution in [3.05, 3.63) is 65.7 Å². The average Bonchev–Trinajstić information content (AvgIpc) is 2.59. The number of rotatable bonds is 8. The lowest BCUT2D eigenvalue weighted by molar-refractivity contribution is -0.121. The zero-order valence-electron chi connectivity index (χ0n) is 15.2. The maximum absolute atomic E-state index is 13.5. The van der Waals surface area contributed by atoms with E-state index >= 15 is 0 Å². The summed E-state index contributed by atoms with van der Waals surface area (Å²) in [5.41, 5.74) is 1.03. The number of aryl methyl sites for hydroxylation is 1. The van der Waals surface area contributed by atoms with Crippen molar-refractivity contribution in [2.45, 2.75) is 25.8 Å². The summed E-state index contributed by atoms with van der Waals surface area (Å²) in [5, 5.41) is 2.69. The number of anilines is 1. The van der Waals surface area contributed by atoms with Crippen LogP contribution in [0.25, 0.3) is 0 Å². The van der Waals surface area contributed by atoms with E-state index in [0.717, 1.165) is 22.2 Å². The molecule has 1 atom stereocenters. The van der Waals surface area contributed by atoms with Gasteiger partial charge in [-0.25, -0.2) is 17.2 Å². The topological polar surface area (TPSA) is 66.5 Å². The van der Waals surface area contributed by atoms with Gasteiger partial charge in [-0.3, -0.25) is 9.10 Å². The Bertz CT molecular complexity index is 886. The Morgan fingerprint density at radius 1 is 1.11 bits per heavy atom. The first kappa shape index (κ1) is 20.8. The average molecular weight is 396 g/mol. The van der Waals surface area contributed by atoms with Crippen LogP contribution in [0.5, 0.6) is 0 Å². The summed E-state index contributed by atoms with van der Waals surface area (Å²) in [5.74, 6) is -1.38. The van der Waals surface area contributed by atoms with Crippen LogP contribution in [-0.2, 0) is 21.2 Å². The molecule has 0 spiro atoms. The minimum absolute atomic E-state index is 0.0893. The second-order valence-corrected chi connectivity index (χ2v) is 8.10. The Morgan fingerprint density at radius 3 is 2.37 bits per heavy atom. The number of benzene rings is 2. The van der Waals surface area contributed by atoms with Crippen LogP contribution in [0.4, 0.5) is 14.5 Å². The maximum atomic E-state index is 13.5. The highest BCUT2D eigenvalue weighted by molar-refractivity contribution is 7.92. The molecule has 0 aromatic heterocycles. The van der Waals surface area contributed by atoms with Crippen LogP contribution in [0.3, 0.4) is 0 Å². The Kier molecular flexibility index (Phi) is 6.90. The van der Waals surface area contributed by atoms with Gasteiger partial charge in [-0.1, -0.05) is 18.2 Å². The molecule has 0 bridgehead atoms. The van der Waals surface area contributed by atoms with E-state index in [1.807, 2.05) is 0 Å². The first-order chi connectivity index (χ1) is 12.7. The first-order valence-electron chi connectivity index (χ1n) is 8.45. The summed E-state index contributed by atoms with van der Waals surface area (Å²) >= 11 is 0. The molecule has 0 heterocycles. The molecular formula is C19H22F2N2O3S. The van der Waals surface area contributed by atoms with Crippen molar-refractivity contribution in [2.75, 3.05) is 17.1 Å². The third kappa shape index (κ3) is 6.02. The number of carbonyl (C=O) groups excluding carboxylic acids is 1. The van der Waals surface area contributed by atoms with Gasteiger partial charge in [0.05, 0.1) is 11.9 Å². The Balaban J connectivity index is 1.97. The molecule has 0 aliphatic rings. The molecule has 1 N–H and O–H groups in total. The van der Waals surface area contributed by atoms with Gasteiger partial charge in [0, 0.05) is 6.54 Å². The number of amides is 1. The summed E-state index contributed by atoms with van der Waals surface area (Å²) < 4.78 is 51.5. The summed E-state index contributed by atoms with van der Waals surface area (Å²) in [6.45, 7) is 1.78. The van der Waals surface area contributed by atoms with E-state index in [4.69, 9.17) is 0 Å². The van der Waals surface area contributed by atoms with E-state index in [-0.39, 0.29) is 11.5 Å². The zero-order chi connectivity index (χ0) is 20.0. The lowest BCUT2D eigenvalue weighted by atomic mass is 10.1. The number of nitrogens with zero attached hydrogens (tertiary/aromatic N) is 1. The van der Waals surface area contributed by atoms with Gasteiger partial charge in [-0.15, -0.1) is 0 Å². The smallest absolute Gasteiger partial charge is 0.243 e. The Morgan fingerprint density at radius 2 is 1.78 bits per heavy atom. The van der Waals surface area contributed by atoms with Gasteiger partial charge in [0.25, 0.3) is 0 Å². The summed E-state index contributed by atoms with van der Waals surface area (Å²) in [7, 11) is -3.79. The number of hydrogen-bond donors (Lipinski definition) is 1. The quantitative estimate of drug-likeness (QED) is 0.698. The summed E-state index contributed by atoms with van der Waals surface area (Å²) in [6, 6.07) is 10.2. The molecule has 0 unspecified atom stereocenters. The SMILES string of the molecule is C[C@H](C(=O)NCCCc1ccc(F)cc1)N(c1cccc(F)c1)S(C)(=O)=O. The molecule has 146 valence electrons. The van der Waals surface area contributed by atoms with Gasteiger partial charge in [-0.2, -0.15) is 0 Å². The molecule has 2 rings (SSSR count). The van der Waals surface area contributed by atoms with Crippen molar-refractivity contribution in [2.24, 2.45) is 0 Å². The summed E-state index contributed by atoms with van der Waals surface area (Å²) in [6.07, 6.45) is 2.23. The second-order valence-electron chi connectivity index (χ2n) is 6.24. The predicted molar refractivity (Wildman–Crippen MR) is 101 cm³/mol. The fourth-order valence-electron chi connectivity index (χ4n) is 2.72. The standard InChI is InChI=1S/C19H22F2N2O3S/c1-14(23(27(2,25)26)18-7-3-6-17(21)13-18)19(24)22-12-4-5-15-8-10-16(20)11-9-15/h3,6-11,13-14H,4-5,12H2,1-2H3,(H,22,24)/t14-/m1/s1. The lowest BCUT2D eigenvalue weighted by Crippen LogP contribution is -2.48. The highest BCUT2D eigenvalue weighted by Gasteiger charge is 2.29. The molecule has 0 saturated carbocycles. The molecule has 8 heteroatoms. The van der Waals surface area contributed by atoms with Gasteiger partial charge in [0.15, 0.2) is 0 Å². The van der Waals surface area contributed by atoms with Gasteiger partial charge in [0.1, 0.15) is 17.7 Å². The third-order valence-electron chi connectivity index (χ3n) is 4.01. The van der Waals surface area contributed by atoms with Crippen molar-refractivity contribution in [3.8, 4) is 0 Å². The van der Waals surface area contributed by atoms with Crippen LogP contribution in [-0.4, -0.2) is 33.2 Å². The van der Waals surface area contributed by atoms with Crippen molar-refractivity contribution in [1.82, 2.24) is 5.32 Å². The monoisotopic (exact) mass is 396 g/mol. The number of hydrogen-bond acceptors (Lipinski definition) is 3. The van der Waals surface area contributed by atoms with Crippen LogP contribution in [0.15, 0.2) is 48.5 Å². The third-order valence-corrected chi connectivity index (χ3v) is 5.25. The van der Waals surface area contributed by atoms with Crippen LogP contribution in [0.1, 0.15) is 18.9 Å². The fraction of sp³-hybridized carbons (Fsp3) is 0.316. The molecule has 0 radical (unpaired) electrons. The zero-order valence-corrected chi connectivity index (χ0v) is 16.0. The normalized spacial score (nSPS) is 12.4. The first-order valence-corrected chi connectivity index (χ1v) is 10.3. The maximum Gasteiger partial charge on any atom is 0.243 e. The van der Waals surface area contributed by atoms with Crippen LogP contribution in [0, 0.1) is 11.6 Å². The van der Waals surface area contributed by atoms with E-state index < -0.39 is 27.8 Å². The van der Waals surface area contributed by atoms with E-state index in [0.29, 0.717) is 19.4 Å². The molecule has 0 fully saturated rings. The summed E-state index contributed by atoms with van der Waals surface area (Å²) in [4.78, 5) is 12.4. The largest absolute Gasteiger partial charge is 0.354 e. The minimum atomic E-state index is -3.79. The van der Waals surface area contributed by atoms with Gasteiger partial charge < -0.3 is 5.32 Å². The molecule has 5 nitrogen and oxygen atoms in total. The van der Waals surface area contributed by atoms with Crippen molar-refractivity contribution in [3.63, 3.8) is 0 Å². The molecule has 2 aromatic carbocycles. The van der Waals surface area contributed by atoms with E-state index in [9.17, 15) is 22.0 Å². The number of halogens is 2. The molecule has 27 heavy (non-hydrogen) atoms. The van der Waals surface area contributed by atoms with Crippen molar-refractivity contribution in [1.29, 1.82) is 0 Å². The van der Waals surface area contributed by atoms with Crippen LogP contribution >= 0.6 is 0 Å². The molecule has 1 amide bonds.